The average Bonchev–Trinajstić information content (AvgIpc) is 2.28. The van der Waals surface area contributed by atoms with Gasteiger partial charge in [-0.25, -0.2) is 0 Å². The lowest BCUT2D eigenvalue weighted by atomic mass is 9.93. The molecular formula is C14H17ClF3NO. The number of benzene rings is 1. The van der Waals surface area contributed by atoms with E-state index in [1.54, 1.807) is 0 Å². The number of Topliss-reactive ketones (excluding diaryl/α,β-unsaturated/α-hetero) is 1. The van der Waals surface area contributed by atoms with E-state index in [0.717, 1.165) is 6.07 Å². The van der Waals surface area contributed by atoms with Gasteiger partial charge in [-0.15, -0.1) is 0 Å². The van der Waals surface area contributed by atoms with Crippen LogP contribution in [0.25, 0.3) is 0 Å². The third kappa shape index (κ3) is 4.49. The number of nitrogens with one attached hydrogen (secondary N) is 1. The molecule has 1 aromatic carbocycles. The first-order valence-electron chi connectivity index (χ1n) is 6.23. The highest BCUT2D eigenvalue weighted by atomic mass is 35.5. The summed E-state index contributed by atoms with van der Waals surface area (Å²) in [7, 11) is 0. The van der Waals surface area contributed by atoms with Crippen LogP contribution in [-0.2, 0) is 11.0 Å². The predicted molar refractivity (Wildman–Crippen MR) is 73.0 cm³/mol. The third-order valence-corrected chi connectivity index (χ3v) is 3.25. The standard InChI is InChI=1S/C14H17ClF3NO/c1-8(2)19-7-11(9(3)20)10-4-5-13(15)12(6-10)14(16,17)18/h4-6,8,11,19H,7H2,1-3H3. The summed E-state index contributed by atoms with van der Waals surface area (Å²) in [5, 5.41) is 2.70. The molecule has 0 spiro atoms. The van der Waals surface area contributed by atoms with Crippen molar-refractivity contribution in [3.8, 4) is 0 Å². The van der Waals surface area contributed by atoms with Crippen LogP contribution in [0.15, 0.2) is 18.2 Å². The Hall–Kier alpha value is -1.07. The number of halogens is 4. The van der Waals surface area contributed by atoms with Gasteiger partial charge in [0.2, 0.25) is 0 Å². The number of carbonyl (C=O) groups excluding carboxylic acids is 1. The molecule has 0 bridgehead atoms. The quantitative estimate of drug-likeness (QED) is 0.890. The van der Waals surface area contributed by atoms with Crippen LogP contribution >= 0.6 is 11.6 Å². The van der Waals surface area contributed by atoms with Crippen molar-refractivity contribution in [3.63, 3.8) is 0 Å². The zero-order valence-electron chi connectivity index (χ0n) is 11.5. The molecule has 0 saturated carbocycles. The first kappa shape index (κ1) is 17.0. The predicted octanol–water partition coefficient (Wildman–Crippen LogP) is 4.03. The fourth-order valence-electron chi connectivity index (χ4n) is 1.83. The van der Waals surface area contributed by atoms with Gasteiger partial charge < -0.3 is 5.32 Å². The van der Waals surface area contributed by atoms with Gasteiger partial charge in [0.1, 0.15) is 5.78 Å². The summed E-state index contributed by atoms with van der Waals surface area (Å²) in [5.74, 6) is -0.802. The summed E-state index contributed by atoms with van der Waals surface area (Å²) in [4.78, 5) is 11.6. The highest BCUT2D eigenvalue weighted by Gasteiger charge is 2.34. The van der Waals surface area contributed by atoms with E-state index in [1.807, 2.05) is 13.8 Å². The fraction of sp³-hybridized carbons (Fsp3) is 0.500. The maximum atomic E-state index is 12.8. The molecule has 1 rings (SSSR count). The number of hydrogen-bond donors (Lipinski definition) is 1. The van der Waals surface area contributed by atoms with Crippen LogP contribution in [0.2, 0.25) is 5.02 Å². The summed E-state index contributed by atoms with van der Waals surface area (Å²) in [6, 6.07) is 3.75. The molecule has 0 aliphatic heterocycles. The van der Waals surface area contributed by atoms with Crippen LogP contribution < -0.4 is 5.32 Å². The number of hydrogen-bond acceptors (Lipinski definition) is 2. The van der Waals surface area contributed by atoms with E-state index in [0.29, 0.717) is 12.1 Å². The molecule has 6 heteroatoms. The first-order valence-corrected chi connectivity index (χ1v) is 6.61. The van der Waals surface area contributed by atoms with Crippen molar-refractivity contribution < 1.29 is 18.0 Å². The molecular weight excluding hydrogens is 291 g/mol. The molecule has 1 aromatic rings. The molecule has 2 nitrogen and oxygen atoms in total. The summed E-state index contributed by atoms with van der Waals surface area (Å²) in [6.07, 6.45) is -4.53. The second-order valence-electron chi connectivity index (χ2n) is 4.96. The smallest absolute Gasteiger partial charge is 0.313 e. The van der Waals surface area contributed by atoms with E-state index in [2.05, 4.69) is 5.32 Å². The third-order valence-electron chi connectivity index (χ3n) is 2.92. The Morgan fingerprint density at radius 2 is 1.95 bits per heavy atom. The Kier molecular flexibility index (Phi) is 5.59. The van der Waals surface area contributed by atoms with E-state index in [9.17, 15) is 18.0 Å². The Morgan fingerprint density at radius 3 is 2.40 bits per heavy atom. The van der Waals surface area contributed by atoms with Gasteiger partial charge in [-0.05, 0) is 24.6 Å². The molecule has 0 radical (unpaired) electrons. The molecule has 1 atom stereocenters. The number of carbonyl (C=O) groups is 1. The van der Waals surface area contributed by atoms with Crippen molar-refractivity contribution in [2.75, 3.05) is 6.54 Å². The van der Waals surface area contributed by atoms with E-state index in [4.69, 9.17) is 11.6 Å². The average molecular weight is 308 g/mol. The zero-order chi connectivity index (χ0) is 15.5. The van der Waals surface area contributed by atoms with Crippen LogP contribution in [0.3, 0.4) is 0 Å². The summed E-state index contributed by atoms with van der Waals surface area (Å²) >= 11 is 5.57. The summed E-state index contributed by atoms with van der Waals surface area (Å²) in [6.45, 7) is 5.47. The topological polar surface area (TPSA) is 29.1 Å². The lowest BCUT2D eigenvalue weighted by Crippen LogP contribution is -2.31. The van der Waals surface area contributed by atoms with Gasteiger partial charge in [-0.3, -0.25) is 4.79 Å². The van der Waals surface area contributed by atoms with Crippen molar-refractivity contribution in [3.05, 3.63) is 34.3 Å². The highest BCUT2D eigenvalue weighted by molar-refractivity contribution is 6.31. The van der Waals surface area contributed by atoms with Crippen molar-refractivity contribution in [1.29, 1.82) is 0 Å². The van der Waals surface area contributed by atoms with Crippen LogP contribution in [-0.4, -0.2) is 18.4 Å². The lowest BCUT2D eigenvalue weighted by molar-refractivity contribution is -0.137. The van der Waals surface area contributed by atoms with E-state index < -0.39 is 17.7 Å². The Bertz CT molecular complexity index is 486. The largest absolute Gasteiger partial charge is 0.417 e. The van der Waals surface area contributed by atoms with Crippen LogP contribution in [0.1, 0.15) is 37.8 Å². The number of alkyl halides is 3. The summed E-state index contributed by atoms with van der Waals surface area (Å²) in [5.41, 5.74) is -0.588. The molecule has 20 heavy (non-hydrogen) atoms. The molecule has 0 aliphatic rings. The maximum Gasteiger partial charge on any atom is 0.417 e. The Morgan fingerprint density at radius 1 is 1.35 bits per heavy atom. The van der Waals surface area contributed by atoms with Gasteiger partial charge in [0.05, 0.1) is 16.5 Å². The summed E-state index contributed by atoms with van der Waals surface area (Å²) < 4.78 is 38.5. The minimum absolute atomic E-state index is 0.145. The van der Waals surface area contributed by atoms with Crippen LogP contribution in [0.5, 0.6) is 0 Å². The van der Waals surface area contributed by atoms with Gasteiger partial charge in [-0.2, -0.15) is 13.2 Å². The maximum absolute atomic E-state index is 12.8. The molecule has 0 fully saturated rings. The molecule has 0 aromatic heterocycles. The van der Waals surface area contributed by atoms with E-state index in [-0.39, 0.29) is 16.8 Å². The molecule has 0 amide bonds. The molecule has 112 valence electrons. The fourth-order valence-corrected chi connectivity index (χ4v) is 2.05. The van der Waals surface area contributed by atoms with Crippen LogP contribution in [0.4, 0.5) is 13.2 Å². The van der Waals surface area contributed by atoms with Gasteiger partial charge in [0, 0.05) is 12.6 Å². The second kappa shape index (κ2) is 6.59. The Balaban J connectivity index is 3.12. The van der Waals surface area contributed by atoms with Crippen molar-refractivity contribution in [2.45, 2.75) is 38.9 Å². The zero-order valence-corrected chi connectivity index (χ0v) is 12.3. The van der Waals surface area contributed by atoms with E-state index >= 15 is 0 Å². The number of rotatable bonds is 5. The van der Waals surface area contributed by atoms with Gasteiger partial charge in [-0.1, -0.05) is 31.5 Å². The molecule has 0 saturated heterocycles. The van der Waals surface area contributed by atoms with Gasteiger partial charge >= 0.3 is 6.18 Å². The van der Waals surface area contributed by atoms with Crippen molar-refractivity contribution in [1.82, 2.24) is 5.32 Å². The second-order valence-corrected chi connectivity index (χ2v) is 5.37. The normalized spacial score (nSPS) is 13.6. The molecule has 0 heterocycles. The van der Waals surface area contributed by atoms with Crippen LogP contribution in [0, 0.1) is 0 Å². The number of ketones is 1. The van der Waals surface area contributed by atoms with Gasteiger partial charge in [0.15, 0.2) is 0 Å². The SMILES string of the molecule is CC(=O)C(CNC(C)C)c1ccc(Cl)c(C(F)(F)F)c1. The highest BCUT2D eigenvalue weighted by Crippen LogP contribution is 2.36. The minimum atomic E-state index is -4.53. The van der Waals surface area contributed by atoms with Gasteiger partial charge in [0.25, 0.3) is 0 Å². The molecule has 1 unspecified atom stereocenters. The van der Waals surface area contributed by atoms with Crippen molar-refractivity contribution >= 4 is 17.4 Å². The van der Waals surface area contributed by atoms with Crippen molar-refractivity contribution in [2.24, 2.45) is 0 Å². The monoisotopic (exact) mass is 307 g/mol. The van der Waals surface area contributed by atoms with E-state index in [1.165, 1.54) is 19.1 Å². The first-order chi connectivity index (χ1) is 9.12. The lowest BCUT2D eigenvalue weighted by Gasteiger charge is -2.19. The Labute approximate surface area is 121 Å². The molecule has 0 aliphatic carbocycles. The molecule has 1 N–H and O–H groups in total. The minimum Gasteiger partial charge on any atom is -0.313 e.